The fraction of sp³-hybridized carbons (Fsp3) is 1.00. The summed E-state index contributed by atoms with van der Waals surface area (Å²) in [5.41, 5.74) is 22.8. The zero-order chi connectivity index (χ0) is 16.6. The lowest BCUT2D eigenvalue weighted by molar-refractivity contribution is -0.287. The standard InChI is InChI=1S/C12H26N4O6/c13-2-5-8(18)9(19)6(16)12(21-5)22-11-4(15)1-3(14)7(17)10(11)20/h3-12,17-20H,1-2,13-16H2/t3-,4-,5-,6-,7+,8-,9-,10-,11-,12-/m1/s1. The maximum atomic E-state index is 10.1. The summed E-state index contributed by atoms with van der Waals surface area (Å²) >= 11 is 0. The van der Waals surface area contributed by atoms with Crippen LogP contribution in [-0.2, 0) is 9.47 Å². The second-order valence-electron chi connectivity index (χ2n) is 5.98. The van der Waals surface area contributed by atoms with Crippen molar-refractivity contribution in [3.05, 3.63) is 0 Å². The lowest BCUT2D eigenvalue weighted by Crippen LogP contribution is -2.67. The van der Waals surface area contributed by atoms with Crippen LogP contribution in [0.4, 0.5) is 0 Å². The molecule has 2 fully saturated rings. The number of rotatable bonds is 3. The topological polar surface area (TPSA) is 203 Å². The summed E-state index contributed by atoms with van der Waals surface area (Å²) in [6.07, 6.45) is -7.73. The highest BCUT2D eigenvalue weighted by Gasteiger charge is 2.47. The molecule has 0 aromatic heterocycles. The van der Waals surface area contributed by atoms with Crippen molar-refractivity contribution in [2.45, 2.75) is 67.5 Å². The maximum absolute atomic E-state index is 10.1. The predicted molar refractivity (Wildman–Crippen MR) is 75.2 cm³/mol. The molecule has 130 valence electrons. The average Bonchev–Trinajstić information content (AvgIpc) is 2.49. The summed E-state index contributed by atoms with van der Waals surface area (Å²) in [7, 11) is 0. The Morgan fingerprint density at radius 2 is 1.55 bits per heavy atom. The molecule has 12 N–H and O–H groups in total. The Hall–Kier alpha value is -0.400. The largest absolute Gasteiger partial charge is 0.389 e. The third-order valence-corrected chi connectivity index (χ3v) is 4.36. The zero-order valence-electron chi connectivity index (χ0n) is 12.1. The molecular weight excluding hydrogens is 296 g/mol. The molecule has 1 heterocycles. The van der Waals surface area contributed by atoms with Crippen molar-refractivity contribution < 1.29 is 29.9 Å². The van der Waals surface area contributed by atoms with E-state index in [1.807, 2.05) is 0 Å². The Balaban J connectivity index is 2.08. The molecule has 1 aliphatic carbocycles. The summed E-state index contributed by atoms with van der Waals surface area (Å²) in [5, 5.41) is 39.6. The van der Waals surface area contributed by atoms with E-state index in [9.17, 15) is 20.4 Å². The minimum atomic E-state index is -1.31. The van der Waals surface area contributed by atoms with E-state index in [1.165, 1.54) is 0 Å². The molecule has 10 heteroatoms. The highest BCUT2D eigenvalue weighted by molar-refractivity contribution is 4.99. The monoisotopic (exact) mass is 322 g/mol. The summed E-state index contributed by atoms with van der Waals surface area (Å²) in [4.78, 5) is 0. The maximum Gasteiger partial charge on any atom is 0.176 e. The average molecular weight is 322 g/mol. The molecule has 10 nitrogen and oxygen atoms in total. The van der Waals surface area contributed by atoms with Gasteiger partial charge in [-0.25, -0.2) is 0 Å². The van der Waals surface area contributed by atoms with Gasteiger partial charge in [-0.05, 0) is 6.42 Å². The molecule has 0 radical (unpaired) electrons. The van der Waals surface area contributed by atoms with Crippen LogP contribution in [0.15, 0.2) is 0 Å². The van der Waals surface area contributed by atoms with Crippen LogP contribution in [0.1, 0.15) is 6.42 Å². The van der Waals surface area contributed by atoms with Crippen LogP contribution in [0.25, 0.3) is 0 Å². The normalized spacial score (nSPS) is 53.5. The van der Waals surface area contributed by atoms with E-state index >= 15 is 0 Å². The quantitative estimate of drug-likeness (QED) is 0.248. The zero-order valence-corrected chi connectivity index (χ0v) is 12.1. The minimum Gasteiger partial charge on any atom is -0.389 e. The third kappa shape index (κ3) is 3.26. The van der Waals surface area contributed by atoms with E-state index in [-0.39, 0.29) is 13.0 Å². The number of aliphatic hydroxyl groups excluding tert-OH is 4. The molecule has 1 aliphatic heterocycles. The fourth-order valence-electron chi connectivity index (χ4n) is 2.89. The van der Waals surface area contributed by atoms with E-state index < -0.39 is 61.0 Å². The Labute approximate surface area is 128 Å². The molecule has 2 rings (SSSR count). The van der Waals surface area contributed by atoms with Crippen LogP contribution in [-0.4, -0.2) is 88.0 Å². The molecule has 0 aromatic carbocycles. The van der Waals surface area contributed by atoms with E-state index in [1.54, 1.807) is 0 Å². The van der Waals surface area contributed by atoms with Gasteiger partial charge in [0, 0.05) is 18.6 Å². The lowest BCUT2D eigenvalue weighted by Gasteiger charge is -2.45. The molecule has 0 aromatic rings. The van der Waals surface area contributed by atoms with Gasteiger partial charge in [0.05, 0.1) is 12.1 Å². The van der Waals surface area contributed by atoms with Gasteiger partial charge < -0.3 is 52.8 Å². The summed E-state index contributed by atoms with van der Waals surface area (Å²) in [5.74, 6) is 0. The van der Waals surface area contributed by atoms with E-state index in [2.05, 4.69) is 0 Å². The van der Waals surface area contributed by atoms with Crippen molar-refractivity contribution in [3.8, 4) is 0 Å². The van der Waals surface area contributed by atoms with Gasteiger partial charge in [-0.2, -0.15) is 0 Å². The molecule has 1 saturated carbocycles. The first-order chi connectivity index (χ1) is 10.3. The Bertz CT molecular complexity index is 376. The van der Waals surface area contributed by atoms with Crippen molar-refractivity contribution in [2.75, 3.05) is 6.54 Å². The molecule has 0 amide bonds. The number of ether oxygens (including phenoxy) is 2. The predicted octanol–water partition coefficient (Wildman–Crippen LogP) is -5.12. The van der Waals surface area contributed by atoms with Crippen LogP contribution >= 0.6 is 0 Å². The number of hydrogen-bond donors (Lipinski definition) is 8. The summed E-state index contributed by atoms with van der Waals surface area (Å²) in [6.45, 7) is -0.0441. The molecule has 1 saturated heterocycles. The van der Waals surface area contributed by atoms with Gasteiger partial charge in [0.25, 0.3) is 0 Å². The summed E-state index contributed by atoms with van der Waals surface area (Å²) in [6, 6.07) is -2.34. The number of nitrogens with two attached hydrogens (primary N) is 4. The smallest absolute Gasteiger partial charge is 0.176 e. The summed E-state index contributed by atoms with van der Waals surface area (Å²) < 4.78 is 11.0. The Morgan fingerprint density at radius 3 is 2.14 bits per heavy atom. The lowest BCUT2D eigenvalue weighted by atomic mass is 9.84. The van der Waals surface area contributed by atoms with Gasteiger partial charge in [-0.15, -0.1) is 0 Å². The molecule has 2 aliphatic rings. The SMILES string of the molecule is NC[C@H]1O[C@H](O[C@H]2[C@H](O)[C@@H](O)[C@H](N)C[C@H]2N)[C@H](N)[C@@H](O)[C@@H]1O. The van der Waals surface area contributed by atoms with E-state index in [4.69, 9.17) is 32.4 Å². The van der Waals surface area contributed by atoms with Crippen molar-refractivity contribution in [2.24, 2.45) is 22.9 Å². The number of aliphatic hydroxyl groups is 4. The van der Waals surface area contributed by atoms with Gasteiger partial charge in [0.15, 0.2) is 6.29 Å². The van der Waals surface area contributed by atoms with Gasteiger partial charge >= 0.3 is 0 Å². The van der Waals surface area contributed by atoms with Crippen LogP contribution in [0.3, 0.4) is 0 Å². The van der Waals surface area contributed by atoms with Gasteiger partial charge in [-0.1, -0.05) is 0 Å². The van der Waals surface area contributed by atoms with Gasteiger partial charge in [0.1, 0.15) is 30.5 Å². The van der Waals surface area contributed by atoms with Crippen LogP contribution in [0.2, 0.25) is 0 Å². The van der Waals surface area contributed by atoms with E-state index in [0.29, 0.717) is 0 Å². The molecule has 0 bridgehead atoms. The van der Waals surface area contributed by atoms with Gasteiger partial charge in [-0.3, -0.25) is 0 Å². The van der Waals surface area contributed by atoms with Gasteiger partial charge in [0.2, 0.25) is 0 Å². The third-order valence-electron chi connectivity index (χ3n) is 4.36. The Kier molecular flexibility index (Phi) is 5.72. The Morgan fingerprint density at radius 1 is 0.909 bits per heavy atom. The first-order valence-electron chi connectivity index (χ1n) is 7.28. The highest BCUT2D eigenvalue weighted by atomic mass is 16.7. The minimum absolute atomic E-state index is 0.0441. The molecule has 0 spiro atoms. The first-order valence-corrected chi connectivity index (χ1v) is 7.28. The van der Waals surface area contributed by atoms with Crippen molar-refractivity contribution >= 4 is 0 Å². The second kappa shape index (κ2) is 7.01. The molecule has 0 unspecified atom stereocenters. The van der Waals surface area contributed by atoms with Crippen LogP contribution in [0.5, 0.6) is 0 Å². The van der Waals surface area contributed by atoms with Crippen molar-refractivity contribution in [1.29, 1.82) is 0 Å². The van der Waals surface area contributed by atoms with Crippen molar-refractivity contribution in [3.63, 3.8) is 0 Å². The second-order valence-corrected chi connectivity index (χ2v) is 5.98. The highest BCUT2D eigenvalue weighted by Crippen LogP contribution is 2.26. The first kappa shape index (κ1) is 17.9. The molecule has 10 atom stereocenters. The molecular formula is C12H26N4O6. The van der Waals surface area contributed by atoms with Crippen molar-refractivity contribution in [1.82, 2.24) is 0 Å². The number of hydrogen-bond acceptors (Lipinski definition) is 10. The van der Waals surface area contributed by atoms with E-state index in [0.717, 1.165) is 0 Å². The molecule has 22 heavy (non-hydrogen) atoms. The van der Waals surface area contributed by atoms with Crippen LogP contribution in [0, 0.1) is 0 Å². The fourth-order valence-corrected chi connectivity index (χ4v) is 2.89. The van der Waals surface area contributed by atoms with Crippen LogP contribution < -0.4 is 22.9 Å².